The zero-order valence-electron chi connectivity index (χ0n) is 13.8. The van der Waals surface area contributed by atoms with E-state index in [0.29, 0.717) is 31.7 Å². The first-order valence-electron chi connectivity index (χ1n) is 8.26. The molecule has 3 rings (SSSR count). The van der Waals surface area contributed by atoms with E-state index in [1.165, 1.54) is 16.9 Å². The zero-order valence-corrected chi connectivity index (χ0v) is 14.6. The van der Waals surface area contributed by atoms with Gasteiger partial charge in [0.25, 0.3) is 0 Å². The van der Waals surface area contributed by atoms with Crippen LogP contribution in [0.25, 0.3) is 0 Å². The van der Waals surface area contributed by atoms with Gasteiger partial charge in [-0.05, 0) is 25.7 Å². The maximum Gasteiger partial charge on any atom is 0.228 e. The van der Waals surface area contributed by atoms with Crippen LogP contribution in [-0.4, -0.2) is 61.0 Å². The molecule has 2 fully saturated rings. The van der Waals surface area contributed by atoms with E-state index in [2.05, 4.69) is 20.2 Å². The van der Waals surface area contributed by atoms with Gasteiger partial charge in [0.05, 0.1) is 6.26 Å². The van der Waals surface area contributed by atoms with Crippen LogP contribution < -0.4 is 10.2 Å². The minimum Gasteiger partial charge on any atom is -0.356 e. The van der Waals surface area contributed by atoms with Crippen LogP contribution in [0.5, 0.6) is 0 Å². The van der Waals surface area contributed by atoms with Crippen LogP contribution in [0.4, 0.5) is 11.6 Å². The second-order valence-corrected chi connectivity index (χ2v) is 8.36. The number of amides is 1. The van der Waals surface area contributed by atoms with Crippen molar-refractivity contribution in [1.29, 1.82) is 0 Å². The summed E-state index contributed by atoms with van der Waals surface area (Å²) in [5.41, 5.74) is 0. The van der Waals surface area contributed by atoms with Gasteiger partial charge >= 0.3 is 0 Å². The number of sulfonamides is 1. The highest BCUT2D eigenvalue weighted by Gasteiger charge is 2.29. The van der Waals surface area contributed by atoms with Crippen LogP contribution in [0, 0.1) is 5.92 Å². The molecule has 0 bridgehead atoms. The van der Waals surface area contributed by atoms with Crippen molar-refractivity contribution in [2.75, 3.05) is 42.7 Å². The quantitative estimate of drug-likeness (QED) is 0.855. The number of anilines is 2. The zero-order chi connectivity index (χ0) is 17.2. The molecule has 1 amide bonds. The van der Waals surface area contributed by atoms with Crippen LogP contribution in [0.15, 0.2) is 12.4 Å². The van der Waals surface area contributed by atoms with Crippen molar-refractivity contribution >= 4 is 27.6 Å². The molecule has 2 aliphatic heterocycles. The van der Waals surface area contributed by atoms with E-state index in [4.69, 9.17) is 0 Å². The van der Waals surface area contributed by atoms with E-state index in [9.17, 15) is 13.2 Å². The Balaban J connectivity index is 1.58. The molecule has 8 nitrogen and oxygen atoms in total. The fourth-order valence-corrected chi connectivity index (χ4v) is 4.09. The van der Waals surface area contributed by atoms with Crippen molar-refractivity contribution in [3.63, 3.8) is 0 Å². The Morgan fingerprint density at radius 1 is 1.17 bits per heavy atom. The van der Waals surface area contributed by atoms with E-state index in [1.807, 2.05) is 0 Å². The standard InChI is InChI=1S/C15H23N5O3S/c1-24(22,23)20-8-4-12(5-9-20)15(21)18-13-10-14(17-11-16-13)19-6-2-3-7-19/h10-12H,2-9H2,1H3,(H,16,17,18,21). The molecule has 0 saturated carbocycles. The van der Waals surface area contributed by atoms with Gasteiger partial charge in [0.2, 0.25) is 15.9 Å². The Morgan fingerprint density at radius 2 is 1.83 bits per heavy atom. The van der Waals surface area contributed by atoms with Gasteiger partial charge in [-0.1, -0.05) is 0 Å². The van der Waals surface area contributed by atoms with Gasteiger partial charge in [-0.25, -0.2) is 22.7 Å². The van der Waals surface area contributed by atoms with Crippen molar-refractivity contribution in [3.05, 3.63) is 12.4 Å². The minimum absolute atomic E-state index is 0.103. The molecule has 0 radical (unpaired) electrons. The SMILES string of the molecule is CS(=O)(=O)N1CCC(C(=O)Nc2cc(N3CCCC3)ncn2)CC1. The van der Waals surface area contributed by atoms with Crippen molar-refractivity contribution in [2.24, 2.45) is 5.92 Å². The van der Waals surface area contributed by atoms with Crippen molar-refractivity contribution in [3.8, 4) is 0 Å². The fourth-order valence-electron chi connectivity index (χ4n) is 3.21. The first-order chi connectivity index (χ1) is 11.4. The van der Waals surface area contributed by atoms with Gasteiger partial charge in [-0.3, -0.25) is 4.79 Å². The van der Waals surface area contributed by atoms with Gasteiger partial charge in [0.1, 0.15) is 18.0 Å². The Morgan fingerprint density at radius 3 is 2.46 bits per heavy atom. The second kappa shape index (κ2) is 7.02. The number of carbonyl (C=O) groups is 1. The van der Waals surface area contributed by atoms with E-state index < -0.39 is 10.0 Å². The summed E-state index contributed by atoms with van der Waals surface area (Å²) in [4.78, 5) is 23.0. The van der Waals surface area contributed by atoms with Gasteiger partial charge in [0.15, 0.2) is 0 Å². The second-order valence-electron chi connectivity index (χ2n) is 6.38. The lowest BCUT2D eigenvalue weighted by Gasteiger charge is -2.29. The van der Waals surface area contributed by atoms with E-state index in [-0.39, 0.29) is 11.8 Å². The Labute approximate surface area is 142 Å². The fraction of sp³-hybridized carbons (Fsp3) is 0.667. The molecule has 9 heteroatoms. The lowest BCUT2D eigenvalue weighted by Crippen LogP contribution is -2.41. The average Bonchev–Trinajstić information content (AvgIpc) is 3.09. The normalized spacial score (nSPS) is 20.3. The molecule has 132 valence electrons. The lowest BCUT2D eigenvalue weighted by molar-refractivity contribution is -0.120. The monoisotopic (exact) mass is 353 g/mol. The van der Waals surface area contributed by atoms with Gasteiger partial charge in [-0.2, -0.15) is 0 Å². The largest absolute Gasteiger partial charge is 0.356 e. The summed E-state index contributed by atoms with van der Waals surface area (Å²) in [7, 11) is -3.17. The molecule has 3 heterocycles. The van der Waals surface area contributed by atoms with E-state index in [1.54, 1.807) is 6.07 Å². The maximum atomic E-state index is 12.4. The van der Waals surface area contributed by atoms with Crippen LogP contribution in [-0.2, 0) is 14.8 Å². The summed E-state index contributed by atoms with van der Waals surface area (Å²) >= 11 is 0. The number of nitrogens with one attached hydrogen (secondary N) is 1. The first kappa shape index (κ1) is 17.1. The van der Waals surface area contributed by atoms with Crippen molar-refractivity contribution in [2.45, 2.75) is 25.7 Å². The number of hydrogen-bond acceptors (Lipinski definition) is 6. The Kier molecular flexibility index (Phi) is 5.00. The topological polar surface area (TPSA) is 95.5 Å². The lowest BCUT2D eigenvalue weighted by atomic mass is 9.97. The van der Waals surface area contributed by atoms with E-state index in [0.717, 1.165) is 31.7 Å². The van der Waals surface area contributed by atoms with Crippen LogP contribution in [0.2, 0.25) is 0 Å². The molecule has 1 aromatic rings. The molecule has 1 aromatic heterocycles. The van der Waals surface area contributed by atoms with Crippen LogP contribution in [0.3, 0.4) is 0 Å². The smallest absolute Gasteiger partial charge is 0.228 e. The molecular formula is C15H23N5O3S. The molecule has 2 aliphatic rings. The maximum absolute atomic E-state index is 12.4. The van der Waals surface area contributed by atoms with Crippen LogP contribution >= 0.6 is 0 Å². The van der Waals surface area contributed by atoms with Gasteiger partial charge in [0, 0.05) is 38.2 Å². The van der Waals surface area contributed by atoms with E-state index >= 15 is 0 Å². The third-order valence-electron chi connectivity index (χ3n) is 4.63. The number of piperidine rings is 1. The summed E-state index contributed by atoms with van der Waals surface area (Å²) in [5.74, 6) is 1.05. The predicted molar refractivity (Wildman–Crippen MR) is 91.2 cm³/mol. The number of carbonyl (C=O) groups excluding carboxylic acids is 1. The molecular weight excluding hydrogens is 330 g/mol. The molecule has 0 aliphatic carbocycles. The molecule has 0 unspecified atom stereocenters. The highest BCUT2D eigenvalue weighted by molar-refractivity contribution is 7.88. The van der Waals surface area contributed by atoms with Crippen molar-refractivity contribution in [1.82, 2.24) is 14.3 Å². The molecule has 0 aromatic carbocycles. The number of rotatable bonds is 4. The van der Waals surface area contributed by atoms with Gasteiger partial charge in [-0.15, -0.1) is 0 Å². The molecule has 1 N–H and O–H groups in total. The summed E-state index contributed by atoms with van der Waals surface area (Å²) < 4.78 is 24.5. The molecule has 2 saturated heterocycles. The number of hydrogen-bond donors (Lipinski definition) is 1. The van der Waals surface area contributed by atoms with Gasteiger partial charge < -0.3 is 10.2 Å². The highest BCUT2D eigenvalue weighted by atomic mass is 32.2. The third-order valence-corrected chi connectivity index (χ3v) is 5.93. The Bertz CT molecular complexity index is 695. The summed E-state index contributed by atoms with van der Waals surface area (Å²) in [6, 6.07) is 1.80. The summed E-state index contributed by atoms with van der Waals surface area (Å²) in [6.45, 7) is 2.74. The first-order valence-corrected chi connectivity index (χ1v) is 10.1. The highest BCUT2D eigenvalue weighted by Crippen LogP contribution is 2.22. The average molecular weight is 353 g/mol. The number of nitrogens with zero attached hydrogens (tertiary/aromatic N) is 4. The van der Waals surface area contributed by atoms with Crippen molar-refractivity contribution < 1.29 is 13.2 Å². The Hall–Kier alpha value is -1.74. The number of aromatic nitrogens is 2. The molecule has 0 spiro atoms. The molecule has 24 heavy (non-hydrogen) atoms. The molecule has 0 atom stereocenters. The third kappa shape index (κ3) is 4.02. The minimum atomic E-state index is -3.17. The van der Waals surface area contributed by atoms with Crippen LogP contribution in [0.1, 0.15) is 25.7 Å². The predicted octanol–water partition coefficient (Wildman–Crippen LogP) is 0.687. The summed E-state index contributed by atoms with van der Waals surface area (Å²) in [6.07, 6.45) is 6.05. The summed E-state index contributed by atoms with van der Waals surface area (Å²) in [5, 5.41) is 2.84.